The number of fused-ring (bicyclic) bond motifs is 9. The van der Waals surface area contributed by atoms with Crippen LogP contribution in [-0.2, 0) is 5.41 Å². The topological polar surface area (TPSA) is 6.48 Å². The highest BCUT2D eigenvalue weighted by atomic mass is 15.2. The Morgan fingerprint density at radius 3 is 1.74 bits per heavy atom. The van der Waals surface area contributed by atoms with E-state index in [-0.39, 0.29) is 0 Å². The Hall–Kier alpha value is -6.64. The van der Waals surface area contributed by atoms with Crippen LogP contribution in [0.2, 0.25) is 0 Å². The largest absolute Gasteiger partial charge is 0.310 e. The first kappa shape index (κ1) is 32.3. The van der Waals surface area contributed by atoms with Crippen LogP contribution in [0.1, 0.15) is 35.6 Å². The Morgan fingerprint density at radius 1 is 0.547 bits per heavy atom. The van der Waals surface area contributed by atoms with Gasteiger partial charge >= 0.3 is 0 Å². The van der Waals surface area contributed by atoms with Crippen molar-refractivity contribution in [1.29, 1.82) is 0 Å². The fourth-order valence-corrected chi connectivity index (χ4v) is 8.56. The minimum atomic E-state index is -0.541. The van der Waals surface area contributed by atoms with E-state index < -0.39 is 5.41 Å². The normalized spacial score (nSPS) is 13.7. The van der Waals surface area contributed by atoms with Crippen molar-refractivity contribution >= 4 is 28.4 Å². The highest BCUT2D eigenvalue weighted by Crippen LogP contribution is 2.63. The molecule has 0 radical (unpaired) electrons. The lowest BCUT2D eigenvalue weighted by Crippen LogP contribution is -2.37. The SMILES string of the molecule is C=C/C(=C\C/C=C\C)N1c2ccccc2C2(c3ccccc3-c3ccc(N(c4ccccc4)c4ccc(-c5ccccc5)cc4)cc32)c2ccccc21. The Balaban J connectivity index is 1.29. The van der Waals surface area contributed by atoms with Gasteiger partial charge in [-0.2, -0.15) is 0 Å². The van der Waals surface area contributed by atoms with E-state index in [1.807, 2.05) is 6.08 Å². The average Bonchev–Trinajstić information content (AvgIpc) is 3.51. The number of rotatable bonds is 8. The van der Waals surface area contributed by atoms with E-state index in [9.17, 15) is 0 Å². The molecule has 2 aliphatic rings. The summed E-state index contributed by atoms with van der Waals surface area (Å²) in [6, 6.07) is 64.3. The molecule has 1 aliphatic carbocycles. The molecule has 0 fully saturated rings. The van der Waals surface area contributed by atoms with Crippen molar-refractivity contribution in [2.45, 2.75) is 18.8 Å². The molecule has 0 N–H and O–H groups in total. The smallest absolute Gasteiger partial charge is 0.0755 e. The Labute approximate surface area is 312 Å². The lowest BCUT2D eigenvalue weighted by atomic mass is 9.64. The summed E-state index contributed by atoms with van der Waals surface area (Å²) in [6.45, 7) is 6.36. The fourth-order valence-electron chi connectivity index (χ4n) is 8.56. The van der Waals surface area contributed by atoms with Crippen LogP contribution in [0.5, 0.6) is 0 Å². The molecule has 7 aromatic carbocycles. The molecular formula is C51H40N2. The van der Waals surface area contributed by atoms with E-state index in [1.165, 1.54) is 55.9 Å². The molecule has 53 heavy (non-hydrogen) atoms. The predicted molar refractivity (Wildman–Crippen MR) is 224 cm³/mol. The van der Waals surface area contributed by atoms with Gasteiger partial charge in [0.05, 0.1) is 16.8 Å². The van der Waals surface area contributed by atoms with Crippen LogP contribution in [0.3, 0.4) is 0 Å². The molecule has 9 rings (SSSR count). The van der Waals surface area contributed by atoms with Gasteiger partial charge in [-0.05, 0) is 112 Å². The number of benzene rings is 7. The summed E-state index contributed by atoms with van der Waals surface area (Å²) in [5.74, 6) is 0. The molecule has 0 bridgehead atoms. The summed E-state index contributed by atoms with van der Waals surface area (Å²) in [6.07, 6.45) is 9.38. The maximum absolute atomic E-state index is 4.29. The maximum atomic E-state index is 4.29. The molecule has 0 atom stereocenters. The van der Waals surface area contributed by atoms with Crippen molar-refractivity contribution in [3.63, 3.8) is 0 Å². The third-order valence-electron chi connectivity index (χ3n) is 10.8. The van der Waals surface area contributed by atoms with Crippen LogP contribution in [-0.4, -0.2) is 0 Å². The number of hydrogen-bond acceptors (Lipinski definition) is 2. The number of para-hydroxylation sites is 3. The maximum Gasteiger partial charge on any atom is 0.0755 e. The first-order valence-electron chi connectivity index (χ1n) is 18.4. The molecule has 0 amide bonds. The average molecular weight is 681 g/mol. The van der Waals surface area contributed by atoms with Crippen molar-refractivity contribution in [3.8, 4) is 22.3 Å². The molecule has 0 unspecified atom stereocenters. The molecule has 2 heteroatoms. The first-order chi connectivity index (χ1) is 26.2. The van der Waals surface area contributed by atoms with Crippen molar-refractivity contribution in [3.05, 3.63) is 235 Å². The predicted octanol–water partition coefficient (Wildman–Crippen LogP) is 13.7. The van der Waals surface area contributed by atoms with Crippen LogP contribution in [0.4, 0.5) is 28.4 Å². The second kappa shape index (κ2) is 13.5. The molecule has 2 nitrogen and oxygen atoms in total. The molecule has 7 aromatic rings. The monoisotopic (exact) mass is 680 g/mol. The molecular weight excluding hydrogens is 641 g/mol. The van der Waals surface area contributed by atoms with Gasteiger partial charge in [0.2, 0.25) is 0 Å². The van der Waals surface area contributed by atoms with Gasteiger partial charge < -0.3 is 9.80 Å². The summed E-state index contributed by atoms with van der Waals surface area (Å²) in [5, 5.41) is 0. The number of nitrogens with zero attached hydrogens (tertiary/aromatic N) is 2. The second-order valence-corrected chi connectivity index (χ2v) is 13.6. The van der Waals surface area contributed by atoms with Gasteiger partial charge in [0.25, 0.3) is 0 Å². The van der Waals surface area contributed by atoms with Crippen LogP contribution >= 0.6 is 0 Å². The summed E-state index contributed by atoms with van der Waals surface area (Å²) in [4.78, 5) is 4.79. The Bertz CT molecular complexity index is 2460. The lowest BCUT2D eigenvalue weighted by molar-refractivity contribution is 0.749. The van der Waals surface area contributed by atoms with Crippen molar-refractivity contribution in [2.24, 2.45) is 0 Å². The highest BCUT2D eigenvalue weighted by molar-refractivity contribution is 5.95. The summed E-state index contributed by atoms with van der Waals surface area (Å²) in [7, 11) is 0. The Kier molecular flexibility index (Phi) is 8.21. The molecule has 1 spiro atoms. The molecule has 1 aliphatic heterocycles. The number of allylic oxidation sites excluding steroid dienone is 4. The molecule has 0 saturated carbocycles. The zero-order valence-corrected chi connectivity index (χ0v) is 29.9. The van der Waals surface area contributed by atoms with Crippen LogP contribution < -0.4 is 9.80 Å². The summed E-state index contributed by atoms with van der Waals surface area (Å²) < 4.78 is 0. The molecule has 0 saturated heterocycles. The van der Waals surface area contributed by atoms with E-state index >= 15 is 0 Å². The first-order valence-corrected chi connectivity index (χ1v) is 18.4. The quantitative estimate of drug-likeness (QED) is 0.116. The van der Waals surface area contributed by atoms with Gasteiger partial charge in [0.15, 0.2) is 0 Å². The van der Waals surface area contributed by atoms with Crippen LogP contribution in [0.25, 0.3) is 22.3 Å². The van der Waals surface area contributed by atoms with E-state index in [4.69, 9.17) is 0 Å². The second-order valence-electron chi connectivity index (χ2n) is 13.6. The van der Waals surface area contributed by atoms with Gasteiger partial charge in [0.1, 0.15) is 0 Å². The van der Waals surface area contributed by atoms with Crippen molar-refractivity contribution in [2.75, 3.05) is 9.80 Å². The third-order valence-corrected chi connectivity index (χ3v) is 10.8. The standard InChI is InChI=1S/C51H40N2/c1-3-5-8-21-39(4-2)53-49-28-17-15-26-46(49)51(47-27-16-18-29-50(47)53)45-25-14-13-24-43(45)44-35-34-42(36-48(44)51)52(40-22-11-7-12-23-40)41-32-30-38(31-33-41)37-19-9-6-10-20-37/h3-7,9-36H,2,8H2,1H3/b5-3-,39-21+. The molecule has 1 heterocycles. The van der Waals surface area contributed by atoms with Gasteiger partial charge in [-0.15, -0.1) is 0 Å². The zero-order chi connectivity index (χ0) is 35.8. The number of anilines is 5. The minimum Gasteiger partial charge on any atom is -0.310 e. The van der Waals surface area contributed by atoms with Crippen LogP contribution in [0.15, 0.2) is 213 Å². The van der Waals surface area contributed by atoms with Crippen molar-refractivity contribution < 1.29 is 0 Å². The third kappa shape index (κ3) is 5.18. The summed E-state index contributed by atoms with van der Waals surface area (Å²) in [5.41, 5.74) is 16.3. The van der Waals surface area contributed by atoms with Crippen LogP contribution in [0, 0.1) is 0 Å². The van der Waals surface area contributed by atoms with E-state index in [1.54, 1.807) is 0 Å². The lowest BCUT2D eigenvalue weighted by Gasteiger charge is -2.45. The van der Waals surface area contributed by atoms with E-state index in [0.29, 0.717) is 0 Å². The highest BCUT2D eigenvalue weighted by Gasteiger charge is 2.51. The number of hydrogen-bond donors (Lipinski definition) is 0. The molecule has 0 aromatic heterocycles. The summed E-state index contributed by atoms with van der Waals surface area (Å²) >= 11 is 0. The van der Waals surface area contributed by atoms with Gasteiger partial charge in [-0.25, -0.2) is 0 Å². The fraction of sp³-hybridized carbons (Fsp3) is 0.0588. The van der Waals surface area contributed by atoms with E-state index in [2.05, 4.69) is 217 Å². The molecule has 254 valence electrons. The van der Waals surface area contributed by atoms with Gasteiger partial charge in [-0.1, -0.05) is 152 Å². The Morgan fingerprint density at radius 2 is 1.08 bits per heavy atom. The van der Waals surface area contributed by atoms with Gasteiger partial charge in [0, 0.05) is 22.8 Å². The van der Waals surface area contributed by atoms with E-state index in [0.717, 1.165) is 29.2 Å². The van der Waals surface area contributed by atoms with Crippen molar-refractivity contribution in [1.82, 2.24) is 0 Å². The van der Waals surface area contributed by atoms with Gasteiger partial charge in [-0.3, -0.25) is 0 Å². The minimum absolute atomic E-state index is 0.541. The zero-order valence-electron chi connectivity index (χ0n) is 29.9.